The molecule has 1 aromatic heterocycles. The van der Waals surface area contributed by atoms with Gasteiger partial charge < -0.3 is 10.6 Å². The van der Waals surface area contributed by atoms with Gasteiger partial charge in [-0.15, -0.1) is 0 Å². The van der Waals surface area contributed by atoms with Crippen LogP contribution in [0, 0.1) is 0 Å². The number of hydrogen-bond acceptors (Lipinski definition) is 4. The number of rotatable bonds is 1. The second-order valence-corrected chi connectivity index (χ2v) is 5.52. The van der Waals surface area contributed by atoms with Gasteiger partial charge in [0, 0.05) is 24.5 Å². The molecule has 6 nitrogen and oxygen atoms in total. The van der Waals surface area contributed by atoms with Crippen molar-refractivity contribution in [1.29, 1.82) is 0 Å². The Balaban J connectivity index is 1.79. The van der Waals surface area contributed by atoms with E-state index in [2.05, 4.69) is 15.1 Å². The number of aromatic amines is 2. The van der Waals surface area contributed by atoms with Crippen LogP contribution in [0.3, 0.4) is 0 Å². The van der Waals surface area contributed by atoms with Crippen LogP contribution in [0.1, 0.15) is 11.1 Å². The standard InChI is InChI=1S/C16H14N4O2/c17-11-2-1-9-7-20(8-10(9)5-11)12-3-4-13-14(6-12)16(22)19-18-15(13)21/h1-6H,7-8,17H2,(H,18,21)(H,19,22). The van der Waals surface area contributed by atoms with Gasteiger partial charge in [-0.1, -0.05) is 6.07 Å². The van der Waals surface area contributed by atoms with Gasteiger partial charge in [0.05, 0.1) is 10.8 Å². The smallest absolute Gasteiger partial charge is 0.270 e. The number of benzene rings is 2. The summed E-state index contributed by atoms with van der Waals surface area (Å²) in [5.74, 6) is 0. The van der Waals surface area contributed by atoms with Gasteiger partial charge in [-0.2, -0.15) is 0 Å². The van der Waals surface area contributed by atoms with Crippen LogP contribution in [0.4, 0.5) is 11.4 Å². The molecule has 0 spiro atoms. The largest absolute Gasteiger partial charge is 0.399 e. The third-order valence-corrected chi connectivity index (χ3v) is 4.10. The van der Waals surface area contributed by atoms with Crippen molar-refractivity contribution >= 4 is 22.1 Å². The predicted molar refractivity (Wildman–Crippen MR) is 85.9 cm³/mol. The average molecular weight is 294 g/mol. The molecular formula is C16H14N4O2. The lowest BCUT2D eigenvalue weighted by Crippen LogP contribution is -2.20. The molecule has 0 fully saturated rings. The Labute approximate surface area is 125 Å². The Hall–Kier alpha value is -3.02. The van der Waals surface area contributed by atoms with Crippen molar-refractivity contribution in [1.82, 2.24) is 10.2 Å². The zero-order valence-corrected chi connectivity index (χ0v) is 11.7. The lowest BCUT2D eigenvalue weighted by molar-refractivity contribution is 0.881. The Kier molecular flexibility index (Phi) is 2.59. The molecule has 110 valence electrons. The fourth-order valence-electron chi connectivity index (χ4n) is 2.96. The summed E-state index contributed by atoms with van der Waals surface area (Å²) in [7, 11) is 0. The quantitative estimate of drug-likeness (QED) is 0.590. The topological polar surface area (TPSA) is 95.0 Å². The van der Waals surface area contributed by atoms with Crippen molar-refractivity contribution in [3.05, 3.63) is 68.2 Å². The van der Waals surface area contributed by atoms with E-state index in [9.17, 15) is 9.59 Å². The molecule has 0 bridgehead atoms. The lowest BCUT2D eigenvalue weighted by Gasteiger charge is -2.18. The van der Waals surface area contributed by atoms with E-state index in [1.54, 1.807) is 12.1 Å². The van der Waals surface area contributed by atoms with E-state index in [1.807, 2.05) is 24.3 Å². The van der Waals surface area contributed by atoms with Gasteiger partial charge in [0.1, 0.15) is 0 Å². The summed E-state index contributed by atoms with van der Waals surface area (Å²) in [5.41, 5.74) is 9.33. The Morgan fingerprint density at radius 3 is 2.41 bits per heavy atom. The molecule has 0 amide bonds. The van der Waals surface area contributed by atoms with Gasteiger partial charge in [-0.3, -0.25) is 19.8 Å². The van der Waals surface area contributed by atoms with Gasteiger partial charge in [-0.05, 0) is 41.5 Å². The minimum Gasteiger partial charge on any atom is -0.399 e. The molecule has 6 heteroatoms. The molecule has 2 heterocycles. The molecule has 0 radical (unpaired) electrons. The van der Waals surface area contributed by atoms with Gasteiger partial charge >= 0.3 is 0 Å². The summed E-state index contributed by atoms with van der Waals surface area (Å²) in [6.45, 7) is 1.51. The molecule has 0 saturated carbocycles. The summed E-state index contributed by atoms with van der Waals surface area (Å²) in [5, 5.41) is 5.48. The number of fused-ring (bicyclic) bond motifs is 2. The maximum atomic E-state index is 11.9. The molecule has 0 unspecified atom stereocenters. The van der Waals surface area contributed by atoms with Gasteiger partial charge in [0.15, 0.2) is 0 Å². The molecule has 4 N–H and O–H groups in total. The van der Waals surface area contributed by atoms with Crippen molar-refractivity contribution in [2.75, 3.05) is 10.6 Å². The van der Waals surface area contributed by atoms with Crippen molar-refractivity contribution in [3.63, 3.8) is 0 Å². The minimum atomic E-state index is -0.294. The molecule has 3 aromatic rings. The van der Waals surface area contributed by atoms with Crippen molar-refractivity contribution in [2.24, 2.45) is 0 Å². The van der Waals surface area contributed by atoms with E-state index < -0.39 is 0 Å². The summed E-state index contributed by atoms with van der Waals surface area (Å²) in [6, 6.07) is 11.2. The number of nitrogens with one attached hydrogen (secondary N) is 2. The van der Waals surface area contributed by atoms with Crippen molar-refractivity contribution in [2.45, 2.75) is 13.1 Å². The van der Waals surface area contributed by atoms with Crippen LogP contribution >= 0.6 is 0 Å². The van der Waals surface area contributed by atoms with Crippen molar-refractivity contribution < 1.29 is 0 Å². The Morgan fingerprint density at radius 1 is 0.864 bits per heavy atom. The minimum absolute atomic E-state index is 0.293. The second-order valence-electron chi connectivity index (χ2n) is 5.52. The maximum Gasteiger partial charge on any atom is 0.270 e. The second kappa shape index (κ2) is 4.49. The zero-order chi connectivity index (χ0) is 15.3. The normalized spacial score (nSPS) is 13.5. The molecule has 0 saturated heterocycles. The summed E-state index contributed by atoms with van der Waals surface area (Å²) < 4.78 is 0. The zero-order valence-electron chi connectivity index (χ0n) is 11.7. The molecular weight excluding hydrogens is 280 g/mol. The van der Waals surface area contributed by atoms with Crippen LogP contribution in [0.25, 0.3) is 10.8 Å². The number of aromatic nitrogens is 2. The highest BCUT2D eigenvalue weighted by atomic mass is 16.1. The van der Waals surface area contributed by atoms with Gasteiger partial charge in [-0.25, -0.2) is 0 Å². The summed E-state index contributed by atoms with van der Waals surface area (Å²) in [4.78, 5) is 25.8. The average Bonchev–Trinajstić information content (AvgIpc) is 2.94. The first kappa shape index (κ1) is 12.7. The van der Waals surface area contributed by atoms with E-state index in [4.69, 9.17) is 5.73 Å². The van der Waals surface area contributed by atoms with Crippen LogP contribution in [-0.4, -0.2) is 10.2 Å². The van der Waals surface area contributed by atoms with Crippen LogP contribution in [0.2, 0.25) is 0 Å². The van der Waals surface area contributed by atoms with Crippen molar-refractivity contribution in [3.8, 4) is 0 Å². The molecule has 0 aliphatic carbocycles. The van der Waals surface area contributed by atoms with E-state index in [0.29, 0.717) is 10.8 Å². The highest BCUT2D eigenvalue weighted by molar-refractivity contribution is 5.84. The molecule has 4 rings (SSSR count). The number of nitrogens with zero attached hydrogens (tertiary/aromatic N) is 1. The third kappa shape index (κ3) is 1.88. The third-order valence-electron chi connectivity index (χ3n) is 4.10. The van der Waals surface area contributed by atoms with Gasteiger partial charge in [0.25, 0.3) is 11.1 Å². The number of anilines is 2. The first-order valence-electron chi connectivity index (χ1n) is 6.99. The van der Waals surface area contributed by atoms with E-state index >= 15 is 0 Å². The Morgan fingerprint density at radius 2 is 1.59 bits per heavy atom. The molecule has 0 atom stereocenters. The van der Waals surface area contributed by atoms with E-state index in [-0.39, 0.29) is 11.1 Å². The fourth-order valence-corrected chi connectivity index (χ4v) is 2.96. The monoisotopic (exact) mass is 294 g/mol. The van der Waals surface area contributed by atoms with E-state index in [0.717, 1.165) is 24.5 Å². The molecule has 1 aliphatic heterocycles. The highest BCUT2D eigenvalue weighted by Crippen LogP contribution is 2.30. The number of nitrogen functional groups attached to an aromatic ring is 1. The molecule has 2 aromatic carbocycles. The fraction of sp³-hybridized carbons (Fsp3) is 0.125. The number of hydrogen-bond donors (Lipinski definition) is 3. The first-order chi connectivity index (χ1) is 10.6. The number of nitrogens with two attached hydrogens (primary N) is 1. The number of H-pyrrole nitrogens is 2. The first-order valence-corrected chi connectivity index (χ1v) is 6.99. The van der Waals surface area contributed by atoms with Crippen LogP contribution in [-0.2, 0) is 13.1 Å². The summed E-state index contributed by atoms with van der Waals surface area (Å²) in [6.07, 6.45) is 0. The maximum absolute atomic E-state index is 11.9. The lowest BCUT2D eigenvalue weighted by atomic mass is 10.1. The SMILES string of the molecule is Nc1ccc2c(c1)CN(c1ccc3c(=O)[nH][nH]c(=O)c3c1)C2. The van der Waals surface area contributed by atoms with Crippen LogP contribution in [0.15, 0.2) is 46.0 Å². The van der Waals surface area contributed by atoms with E-state index in [1.165, 1.54) is 11.1 Å². The predicted octanol–water partition coefficient (Wildman–Crippen LogP) is 1.32. The van der Waals surface area contributed by atoms with Gasteiger partial charge in [0.2, 0.25) is 0 Å². The van der Waals surface area contributed by atoms with Crippen LogP contribution < -0.4 is 21.8 Å². The summed E-state index contributed by atoms with van der Waals surface area (Å²) >= 11 is 0. The Bertz CT molecular complexity index is 1000. The highest BCUT2D eigenvalue weighted by Gasteiger charge is 2.20. The van der Waals surface area contributed by atoms with Crippen LogP contribution in [0.5, 0.6) is 0 Å². The molecule has 1 aliphatic rings. The molecule has 22 heavy (non-hydrogen) atoms.